The lowest BCUT2D eigenvalue weighted by Crippen LogP contribution is -2.30. The number of nitrogens with zero attached hydrogens (tertiary/aromatic N) is 2. The van der Waals surface area contributed by atoms with E-state index in [9.17, 15) is 4.39 Å². The van der Waals surface area contributed by atoms with Crippen LogP contribution in [0.1, 0.15) is 58.8 Å². The maximum absolute atomic E-state index is 11.9. The number of nitrogens with one attached hydrogen (secondary N) is 1. The Morgan fingerprint density at radius 2 is 1.84 bits per heavy atom. The van der Waals surface area contributed by atoms with Crippen molar-refractivity contribution >= 4 is 18.7 Å². The summed E-state index contributed by atoms with van der Waals surface area (Å²) >= 11 is 2.83. The molecule has 208 valence electrons. The molecule has 0 bridgehead atoms. The van der Waals surface area contributed by atoms with Gasteiger partial charge in [0.2, 0.25) is 0 Å². The molecule has 1 atom stereocenters. The molecule has 1 aromatic rings. The van der Waals surface area contributed by atoms with Crippen LogP contribution < -0.4 is 5.43 Å². The molecular weight excluding hydrogens is 493 g/mol. The van der Waals surface area contributed by atoms with Gasteiger partial charge in [0.15, 0.2) is 12.5 Å². The first-order chi connectivity index (χ1) is 18.6. The Labute approximate surface area is 236 Å². The summed E-state index contributed by atoms with van der Waals surface area (Å²) in [7, 11) is 1.85. The van der Waals surface area contributed by atoms with Crippen molar-refractivity contribution in [3.05, 3.63) is 83.8 Å². The number of hydrogen-bond acceptors (Lipinski definition) is 5. The van der Waals surface area contributed by atoms with E-state index in [1.54, 1.807) is 18.2 Å². The van der Waals surface area contributed by atoms with E-state index in [0.29, 0.717) is 0 Å². The summed E-state index contributed by atoms with van der Waals surface area (Å²) < 4.78 is 19.7. The van der Waals surface area contributed by atoms with Crippen LogP contribution in [0.4, 0.5) is 4.39 Å². The maximum Gasteiger partial charge on any atom is 0.197 e. The van der Waals surface area contributed by atoms with Crippen molar-refractivity contribution in [2.45, 2.75) is 58.8 Å². The highest BCUT2D eigenvalue weighted by atomic mass is 32.1. The highest BCUT2D eigenvalue weighted by Crippen LogP contribution is 2.30. The summed E-state index contributed by atoms with van der Waals surface area (Å²) in [4.78, 5) is 2.70. The Kier molecular flexibility index (Phi) is 22.6. The summed E-state index contributed by atoms with van der Waals surface area (Å²) in [6.45, 7) is 7.88. The fourth-order valence-electron chi connectivity index (χ4n) is 4.15. The Morgan fingerprint density at radius 1 is 1.13 bits per heavy atom. The summed E-state index contributed by atoms with van der Waals surface area (Å²) in [5.74, 6) is 1.57. The van der Waals surface area contributed by atoms with Crippen LogP contribution in [0.15, 0.2) is 83.0 Å². The van der Waals surface area contributed by atoms with E-state index in [2.05, 4.69) is 91.1 Å². The van der Waals surface area contributed by atoms with Gasteiger partial charge in [0.25, 0.3) is 0 Å². The van der Waals surface area contributed by atoms with Crippen LogP contribution in [-0.2, 0) is 12.5 Å². The molecule has 2 aliphatic carbocycles. The van der Waals surface area contributed by atoms with Crippen LogP contribution in [0.25, 0.3) is 0 Å². The molecule has 1 N–H and O–H groups in total. The SMILES string of the molecule is C#C.C/C=C\C(=C/C)CN(CC[C@H]1CC/C=C/C=C(/C=N\NC)CC1)CC1CC1.Fc1ccccc1.O=S. The van der Waals surface area contributed by atoms with E-state index in [1.165, 1.54) is 74.9 Å². The first-order valence-electron chi connectivity index (χ1n) is 13.4. The smallest absolute Gasteiger partial charge is 0.197 e. The number of rotatable bonds is 10. The van der Waals surface area contributed by atoms with Crippen LogP contribution in [-0.4, -0.2) is 42.0 Å². The van der Waals surface area contributed by atoms with Crippen LogP contribution >= 0.6 is 0 Å². The third-order valence-corrected chi connectivity index (χ3v) is 6.35. The molecule has 0 aromatic heterocycles. The number of hydrogen-bond donors (Lipinski definition) is 1. The highest BCUT2D eigenvalue weighted by molar-refractivity contribution is 7.44. The van der Waals surface area contributed by atoms with Gasteiger partial charge in [0.1, 0.15) is 5.82 Å². The molecule has 4 nitrogen and oxygen atoms in total. The van der Waals surface area contributed by atoms with Crippen LogP contribution in [0.3, 0.4) is 0 Å². The van der Waals surface area contributed by atoms with Gasteiger partial charge in [-0.2, -0.15) is 9.31 Å². The van der Waals surface area contributed by atoms with Gasteiger partial charge >= 0.3 is 0 Å². The number of allylic oxidation sites excluding steroid dienone is 6. The quantitative estimate of drug-likeness (QED) is 0.147. The van der Waals surface area contributed by atoms with Gasteiger partial charge in [-0.05, 0) is 100 Å². The molecule has 0 spiro atoms. The summed E-state index contributed by atoms with van der Waals surface area (Å²) in [5, 5.41) is 4.20. The summed E-state index contributed by atoms with van der Waals surface area (Å²) in [5.41, 5.74) is 5.64. The molecule has 0 amide bonds. The minimum atomic E-state index is -0.178. The molecule has 1 aromatic carbocycles. The molecule has 6 heteroatoms. The van der Waals surface area contributed by atoms with Gasteiger partial charge in [-0.1, -0.05) is 54.7 Å². The number of terminal acetylenes is 1. The van der Waals surface area contributed by atoms with Crippen molar-refractivity contribution in [3.8, 4) is 12.8 Å². The summed E-state index contributed by atoms with van der Waals surface area (Å²) in [6.07, 6.45) is 32.5. The Morgan fingerprint density at radius 3 is 2.39 bits per heavy atom. The van der Waals surface area contributed by atoms with E-state index in [-0.39, 0.29) is 5.82 Å². The zero-order chi connectivity index (χ0) is 28.4. The Bertz CT molecular complexity index is 888. The second kappa shape index (κ2) is 24.5. The summed E-state index contributed by atoms with van der Waals surface area (Å²) in [6, 6.07) is 7.94. The molecule has 1 fully saturated rings. The second-order valence-corrected chi connectivity index (χ2v) is 9.26. The zero-order valence-electron chi connectivity index (χ0n) is 23.4. The average molecular weight is 540 g/mol. The lowest BCUT2D eigenvalue weighted by atomic mass is 9.92. The van der Waals surface area contributed by atoms with Gasteiger partial charge in [0.05, 0.1) is 0 Å². The second-order valence-electron chi connectivity index (χ2n) is 9.26. The molecule has 0 unspecified atom stereocenters. The van der Waals surface area contributed by atoms with E-state index in [1.807, 2.05) is 13.3 Å². The Balaban J connectivity index is 0.00000105. The van der Waals surface area contributed by atoms with Crippen LogP contribution in [0, 0.1) is 30.5 Å². The normalized spacial score (nSPS) is 19.7. The molecule has 3 rings (SSSR count). The molecule has 0 saturated heterocycles. The van der Waals surface area contributed by atoms with Gasteiger partial charge in [-0.25, -0.2) is 4.39 Å². The van der Waals surface area contributed by atoms with Gasteiger partial charge in [-0.15, -0.1) is 12.8 Å². The number of halogens is 1. The number of hydrazone groups is 1. The van der Waals surface area contributed by atoms with Gasteiger partial charge in [0, 0.05) is 26.4 Å². The molecule has 2 aliphatic rings. The number of benzene rings is 1. The topological polar surface area (TPSA) is 44.7 Å². The van der Waals surface area contributed by atoms with E-state index < -0.39 is 0 Å². The van der Waals surface area contributed by atoms with E-state index in [0.717, 1.165) is 24.8 Å². The van der Waals surface area contributed by atoms with Crippen LogP contribution in [0.5, 0.6) is 0 Å². The molecular formula is C32H46FN3OS. The average Bonchev–Trinajstić information content (AvgIpc) is 3.76. The van der Waals surface area contributed by atoms with Crippen molar-refractivity contribution in [1.82, 2.24) is 10.3 Å². The molecule has 38 heavy (non-hydrogen) atoms. The minimum Gasteiger partial charge on any atom is -0.313 e. The molecule has 0 radical (unpaired) electrons. The molecule has 0 aliphatic heterocycles. The lowest BCUT2D eigenvalue weighted by Gasteiger charge is -2.26. The van der Waals surface area contributed by atoms with Crippen molar-refractivity contribution in [2.24, 2.45) is 16.9 Å². The zero-order valence-corrected chi connectivity index (χ0v) is 24.2. The van der Waals surface area contributed by atoms with Crippen molar-refractivity contribution < 1.29 is 8.60 Å². The predicted octanol–water partition coefficient (Wildman–Crippen LogP) is 7.23. The fourth-order valence-corrected chi connectivity index (χ4v) is 4.15. The molecule has 0 heterocycles. The molecule has 1 saturated carbocycles. The van der Waals surface area contributed by atoms with Crippen molar-refractivity contribution in [3.63, 3.8) is 0 Å². The first-order valence-corrected chi connectivity index (χ1v) is 13.7. The highest BCUT2D eigenvalue weighted by Gasteiger charge is 2.24. The Hall–Kier alpha value is -2.88. The van der Waals surface area contributed by atoms with Gasteiger partial charge < -0.3 is 5.43 Å². The first kappa shape index (κ1) is 35.1. The van der Waals surface area contributed by atoms with Crippen LogP contribution in [0.2, 0.25) is 0 Å². The maximum atomic E-state index is 11.9. The third-order valence-electron chi connectivity index (χ3n) is 6.35. The monoisotopic (exact) mass is 539 g/mol. The van der Waals surface area contributed by atoms with E-state index >= 15 is 0 Å². The largest absolute Gasteiger partial charge is 0.313 e. The third kappa shape index (κ3) is 18.4. The standard InChI is InChI=1S/C24H39N3.C6H5F.C2H2.OS/c1-4-9-21(5-2)19-27(20-24-14-15-24)17-16-22-10-7-6-8-11-23(13-12-22)18-26-25-3;7-6-4-2-1-3-5-6;2*1-2/h4-6,8-9,11,18,22,24-25H,7,10,12-17,19-20H2,1-3H3;1-5H;1-2H;/b8-6+,9-4-,21-5+,23-11+,26-18-;;;/t22-;;;/m0.../s1. The lowest BCUT2D eigenvalue weighted by molar-refractivity contribution is 0.253. The fraction of sp³-hybridized carbons (Fsp3) is 0.469. The van der Waals surface area contributed by atoms with Crippen molar-refractivity contribution in [1.29, 1.82) is 0 Å². The van der Waals surface area contributed by atoms with Crippen molar-refractivity contribution in [2.75, 3.05) is 26.7 Å². The predicted molar refractivity (Wildman–Crippen MR) is 164 cm³/mol. The van der Waals surface area contributed by atoms with Gasteiger partial charge in [-0.3, -0.25) is 4.90 Å². The minimum absolute atomic E-state index is 0.178. The van der Waals surface area contributed by atoms with E-state index in [4.69, 9.17) is 4.21 Å².